The van der Waals surface area contributed by atoms with Crippen LogP contribution < -0.4 is 0 Å². The molecule has 0 saturated carbocycles. The van der Waals surface area contributed by atoms with Crippen LogP contribution in [0.15, 0.2) is 24.6 Å². The van der Waals surface area contributed by atoms with Gasteiger partial charge in [-0.05, 0) is 0 Å². The summed E-state index contributed by atoms with van der Waals surface area (Å²) < 4.78 is 0. The predicted molar refractivity (Wildman–Crippen MR) is 42.5 cm³/mol. The maximum absolute atomic E-state index is 3.76. The maximum Gasteiger partial charge on any atom is 0.0970 e. The zero-order valence-electron chi connectivity index (χ0n) is 5.78. The van der Waals surface area contributed by atoms with Gasteiger partial charge in [-0.25, -0.2) is 0 Å². The molecule has 0 rings (SSSR count). The van der Waals surface area contributed by atoms with Gasteiger partial charge in [-0.3, -0.25) is 0 Å². The minimum absolute atomic E-state index is 1.14. The van der Waals surface area contributed by atoms with E-state index in [0.29, 0.717) is 0 Å². The summed E-state index contributed by atoms with van der Waals surface area (Å²) in [6, 6.07) is 1.22. The molecule has 0 radical (unpaired) electrons. The van der Waals surface area contributed by atoms with E-state index in [2.05, 4.69) is 38.0 Å². The smallest absolute Gasteiger partial charge is 0.0970 e. The lowest BCUT2D eigenvalue weighted by Gasteiger charge is -2.13. The average molecular weight is 126 g/mol. The molecule has 0 N–H and O–H groups in total. The quantitative estimate of drug-likeness (QED) is 0.510. The Balaban J connectivity index is 3.96. The molecule has 0 aromatic rings. The molecule has 0 atom stereocenters. The lowest BCUT2D eigenvalue weighted by Crippen LogP contribution is -2.21. The largest absolute Gasteiger partial charge is 0.107 e. The summed E-state index contributed by atoms with van der Waals surface area (Å²) in [5.41, 5.74) is 4.14. The molecule has 0 aliphatic heterocycles. The molecule has 0 saturated heterocycles. The van der Waals surface area contributed by atoms with Gasteiger partial charge < -0.3 is 0 Å². The molecule has 46 valence electrons. The maximum atomic E-state index is 3.76. The van der Waals surface area contributed by atoms with Gasteiger partial charge in [0.25, 0.3) is 0 Å². The Morgan fingerprint density at radius 1 is 1.38 bits per heavy atom. The third kappa shape index (κ3) is 1.66. The summed E-state index contributed by atoms with van der Waals surface area (Å²) in [5.74, 6) is 0. The van der Waals surface area contributed by atoms with E-state index in [9.17, 15) is 0 Å². The first kappa shape index (κ1) is 7.70. The highest BCUT2D eigenvalue weighted by molar-refractivity contribution is 6.87. The van der Waals surface area contributed by atoms with Gasteiger partial charge in [0.2, 0.25) is 0 Å². The monoisotopic (exact) mass is 126 g/mol. The Kier molecular flexibility index (Phi) is 2.76. The van der Waals surface area contributed by atoms with Crippen molar-refractivity contribution in [3.63, 3.8) is 0 Å². The summed E-state index contributed by atoms with van der Waals surface area (Å²) in [7, 11) is -1.14. The van der Waals surface area contributed by atoms with Crippen LogP contribution in [0.25, 0.3) is 0 Å². The van der Waals surface area contributed by atoms with Crippen molar-refractivity contribution in [1.29, 1.82) is 0 Å². The Bertz CT molecular complexity index is 86.6. The fraction of sp³-hybridized carbons (Fsp3) is 0.429. The van der Waals surface area contributed by atoms with Crippen molar-refractivity contribution in [3.8, 4) is 0 Å². The van der Waals surface area contributed by atoms with Crippen molar-refractivity contribution in [2.75, 3.05) is 0 Å². The molecular formula is C7H14Si. The Morgan fingerprint density at radius 3 is 1.75 bits per heavy atom. The third-order valence-corrected chi connectivity index (χ3v) is 5.08. The number of hydrogen-bond acceptors (Lipinski definition) is 0. The SMILES string of the molecule is C=C[Si](C)(C=C)CC. The van der Waals surface area contributed by atoms with Gasteiger partial charge in [-0.15, -0.1) is 13.2 Å². The van der Waals surface area contributed by atoms with E-state index in [4.69, 9.17) is 0 Å². The molecule has 0 aromatic heterocycles. The summed E-state index contributed by atoms with van der Waals surface area (Å²) in [6.07, 6.45) is 0. The van der Waals surface area contributed by atoms with Crippen molar-refractivity contribution >= 4 is 8.07 Å². The minimum Gasteiger partial charge on any atom is -0.107 e. The first-order chi connectivity index (χ1) is 3.68. The minimum atomic E-state index is -1.14. The molecule has 0 nitrogen and oxygen atoms in total. The van der Waals surface area contributed by atoms with E-state index in [-0.39, 0.29) is 0 Å². The average Bonchev–Trinajstić information content (AvgIpc) is 1.87. The van der Waals surface area contributed by atoms with Gasteiger partial charge in [0.1, 0.15) is 0 Å². The molecule has 0 aromatic carbocycles. The molecule has 0 spiro atoms. The zero-order chi connectivity index (χ0) is 6.62. The molecule has 8 heavy (non-hydrogen) atoms. The molecule has 1 heteroatoms. The predicted octanol–water partition coefficient (Wildman–Crippen LogP) is 2.54. The van der Waals surface area contributed by atoms with Gasteiger partial charge >= 0.3 is 0 Å². The van der Waals surface area contributed by atoms with Gasteiger partial charge in [0.05, 0.1) is 8.07 Å². The van der Waals surface area contributed by atoms with Crippen LogP contribution in [0, 0.1) is 0 Å². The highest BCUT2D eigenvalue weighted by atomic mass is 28.3. The van der Waals surface area contributed by atoms with Gasteiger partial charge in [0.15, 0.2) is 0 Å². The summed E-state index contributed by atoms with van der Waals surface area (Å²) in [6.45, 7) is 12.0. The van der Waals surface area contributed by atoms with E-state index in [0.717, 1.165) is 0 Å². The first-order valence-electron chi connectivity index (χ1n) is 2.95. The topological polar surface area (TPSA) is 0 Å². The van der Waals surface area contributed by atoms with E-state index < -0.39 is 8.07 Å². The van der Waals surface area contributed by atoms with Gasteiger partial charge in [-0.2, -0.15) is 0 Å². The van der Waals surface area contributed by atoms with E-state index in [1.54, 1.807) is 0 Å². The van der Waals surface area contributed by atoms with E-state index in [1.807, 2.05) is 0 Å². The lowest BCUT2D eigenvalue weighted by atomic mass is 11.0. The Morgan fingerprint density at radius 2 is 1.75 bits per heavy atom. The molecule has 0 bridgehead atoms. The van der Waals surface area contributed by atoms with Gasteiger partial charge in [0, 0.05) is 0 Å². The number of hydrogen-bond donors (Lipinski definition) is 0. The standard InChI is InChI=1S/C7H14Si/c1-5-8(4,6-2)7-3/h5-6H,1-2,7H2,3-4H3. The van der Waals surface area contributed by atoms with Gasteiger partial charge in [-0.1, -0.05) is 30.9 Å². The molecule has 0 unspecified atom stereocenters. The van der Waals surface area contributed by atoms with Crippen molar-refractivity contribution in [2.45, 2.75) is 19.5 Å². The molecule has 0 aliphatic rings. The van der Waals surface area contributed by atoms with Crippen LogP contribution in [0.3, 0.4) is 0 Å². The van der Waals surface area contributed by atoms with Crippen molar-refractivity contribution in [3.05, 3.63) is 24.6 Å². The van der Waals surface area contributed by atoms with Crippen LogP contribution in [0.4, 0.5) is 0 Å². The Labute approximate surface area is 52.9 Å². The fourth-order valence-electron chi connectivity index (χ4n) is 0.372. The van der Waals surface area contributed by atoms with Crippen molar-refractivity contribution in [1.82, 2.24) is 0 Å². The lowest BCUT2D eigenvalue weighted by molar-refractivity contribution is 1.40. The van der Waals surface area contributed by atoms with Crippen LogP contribution >= 0.6 is 0 Å². The summed E-state index contributed by atoms with van der Waals surface area (Å²) in [4.78, 5) is 0. The van der Waals surface area contributed by atoms with Crippen molar-refractivity contribution in [2.24, 2.45) is 0 Å². The van der Waals surface area contributed by atoms with Crippen molar-refractivity contribution < 1.29 is 0 Å². The molecular weight excluding hydrogens is 112 g/mol. The second kappa shape index (κ2) is 2.87. The van der Waals surface area contributed by atoms with Crippen LogP contribution in [-0.2, 0) is 0 Å². The fourth-order valence-corrected chi connectivity index (χ4v) is 1.12. The van der Waals surface area contributed by atoms with Crippen LogP contribution in [0.5, 0.6) is 0 Å². The Hall–Kier alpha value is -0.303. The molecule has 0 amide bonds. The molecule has 0 aliphatic carbocycles. The molecule has 0 heterocycles. The second-order valence-electron chi connectivity index (χ2n) is 2.27. The third-order valence-electron chi connectivity index (χ3n) is 1.69. The van der Waals surface area contributed by atoms with Crippen LogP contribution in [-0.4, -0.2) is 8.07 Å². The summed E-state index contributed by atoms with van der Waals surface area (Å²) in [5, 5.41) is 0. The highest BCUT2D eigenvalue weighted by Gasteiger charge is 2.13. The van der Waals surface area contributed by atoms with E-state index in [1.165, 1.54) is 6.04 Å². The second-order valence-corrected chi connectivity index (χ2v) is 6.80. The number of rotatable bonds is 3. The zero-order valence-corrected chi connectivity index (χ0v) is 6.78. The normalized spacial score (nSPS) is 10.8. The van der Waals surface area contributed by atoms with Crippen LogP contribution in [0.2, 0.25) is 12.6 Å². The van der Waals surface area contributed by atoms with Crippen LogP contribution in [0.1, 0.15) is 6.92 Å². The first-order valence-corrected chi connectivity index (χ1v) is 5.82. The highest BCUT2D eigenvalue weighted by Crippen LogP contribution is 2.09. The molecule has 0 fully saturated rings. The van der Waals surface area contributed by atoms with E-state index >= 15 is 0 Å². The summed E-state index contributed by atoms with van der Waals surface area (Å²) >= 11 is 0.